The maximum Gasteiger partial charge on any atom is 0.407 e. The number of carbonyl (C=O) groups is 1. The van der Waals surface area contributed by atoms with Crippen molar-refractivity contribution in [3.63, 3.8) is 0 Å². The van der Waals surface area contributed by atoms with Gasteiger partial charge in [-0.15, -0.1) is 0 Å². The van der Waals surface area contributed by atoms with Crippen LogP contribution in [0.5, 0.6) is 0 Å². The Labute approximate surface area is 98.1 Å². The fraction of sp³-hybridized carbons (Fsp3) is 0.917. The second-order valence-corrected chi connectivity index (χ2v) is 5.40. The summed E-state index contributed by atoms with van der Waals surface area (Å²) in [6, 6.07) is 0.204. The highest BCUT2D eigenvalue weighted by molar-refractivity contribution is 5.68. The molecule has 0 radical (unpaired) electrons. The van der Waals surface area contributed by atoms with Gasteiger partial charge in [-0.05, 0) is 40.2 Å². The minimum absolute atomic E-state index is 0.204. The first-order chi connectivity index (χ1) is 7.47. The summed E-state index contributed by atoms with van der Waals surface area (Å²) in [5.74, 6) is 0. The van der Waals surface area contributed by atoms with Crippen LogP contribution in [0, 0.1) is 0 Å². The van der Waals surface area contributed by atoms with E-state index in [2.05, 4.69) is 10.6 Å². The van der Waals surface area contributed by atoms with Crippen molar-refractivity contribution < 1.29 is 9.53 Å². The third kappa shape index (κ3) is 5.95. The molecule has 0 unspecified atom stereocenters. The van der Waals surface area contributed by atoms with E-state index in [1.807, 2.05) is 20.8 Å². The molecule has 16 heavy (non-hydrogen) atoms. The Morgan fingerprint density at radius 1 is 1.31 bits per heavy atom. The smallest absolute Gasteiger partial charge is 0.407 e. The number of carbonyl (C=O) groups excluding carboxylic acids is 1. The lowest BCUT2D eigenvalue weighted by Gasteiger charge is -2.25. The fourth-order valence-corrected chi connectivity index (χ4v) is 1.79. The normalized spacial score (nSPS) is 23.1. The van der Waals surface area contributed by atoms with Crippen LogP contribution in [0.15, 0.2) is 0 Å². The molecule has 0 aromatic heterocycles. The number of hydrogen-bond donors (Lipinski definition) is 2. The third-order valence-electron chi connectivity index (χ3n) is 2.52. The molecule has 2 N–H and O–H groups in total. The lowest BCUT2D eigenvalue weighted by Crippen LogP contribution is -2.45. The van der Waals surface area contributed by atoms with Crippen LogP contribution in [0.25, 0.3) is 0 Å². The highest BCUT2D eigenvalue weighted by atomic mass is 16.6. The van der Waals surface area contributed by atoms with Crippen LogP contribution >= 0.6 is 0 Å². The maximum atomic E-state index is 11.6. The molecule has 1 fully saturated rings. The Balaban J connectivity index is 2.30. The van der Waals surface area contributed by atoms with Crippen molar-refractivity contribution in [3.05, 3.63) is 0 Å². The van der Waals surface area contributed by atoms with Gasteiger partial charge in [0.1, 0.15) is 5.60 Å². The van der Waals surface area contributed by atoms with E-state index < -0.39 is 5.60 Å². The molecular weight excluding hydrogens is 204 g/mol. The van der Waals surface area contributed by atoms with Crippen LogP contribution in [0.2, 0.25) is 0 Å². The van der Waals surface area contributed by atoms with E-state index in [4.69, 9.17) is 4.74 Å². The predicted molar refractivity (Wildman–Crippen MR) is 64.5 cm³/mol. The first-order valence-electron chi connectivity index (χ1n) is 6.17. The predicted octanol–water partition coefficient (Wildman–Crippen LogP) is 2.04. The molecule has 1 aliphatic rings. The summed E-state index contributed by atoms with van der Waals surface area (Å²) in [6.07, 6.45) is 4.38. The van der Waals surface area contributed by atoms with Gasteiger partial charge in [0.25, 0.3) is 0 Å². The Kier molecular flexibility index (Phi) is 5.06. The van der Waals surface area contributed by atoms with Gasteiger partial charge >= 0.3 is 6.09 Å². The number of alkyl carbamates (subject to hydrolysis) is 1. The average molecular weight is 228 g/mol. The molecule has 0 aliphatic carbocycles. The highest BCUT2D eigenvalue weighted by Crippen LogP contribution is 2.09. The van der Waals surface area contributed by atoms with E-state index in [-0.39, 0.29) is 12.1 Å². The van der Waals surface area contributed by atoms with Gasteiger partial charge in [-0.25, -0.2) is 4.79 Å². The van der Waals surface area contributed by atoms with Crippen LogP contribution < -0.4 is 10.6 Å². The summed E-state index contributed by atoms with van der Waals surface area (Å²) in [4.78, 5) is 11.6. The summed E-state index contributed by atoms with van der Waals surface area (Å²) in [7, 11) is 0. The van der Waals surface area contributed by atoms with Gasteiger partial charge in [0.15, 0.2) is 0 Å². The molecular formula is C12H24N2O2. The summed E-state index contributed by atoms with van der Waals surface area (Å²) >= 11 is 0. The Hall–Kier alpha value is -0.770. The third-order valence-corrected chi connectivity index (χ3v) is 2.52. The zero-order chi connectivity index (χ0) is 12.0. The molecule has 1 rings (SSSR count). The van der Waals surface area contributed by atoms with Crippen LogP contribution in [0.1, 0.15) is 46.5 Å². The van der Waals surface area contributed by atoms with Crippen LogP contribution in [0.4, 0.5) is 4.79 Å². The fourth-order valence-electron chi connectivity index (χ4n) is 1.79. The molecule has 0 bridgehead atoms. The molecule has 0 aromatic carbocycles. The second-order valence-electron chi connectivity index (χ2n) is 5.40. The van der Waals surface area contributed by atoms with E-state index in [0.29, 0.717) is 0 Å². The van der Waals surface area contributed by atoms with Crippen LogP contribution in [-0.4, -0.2) is 30.8 Å². The first kappa shape index (κ1) is 13.3. The molecule has 0 spiro atoms. The molecule has 1 heterocycles. The lowest BCUT2D eigenvalue weighted by molar-refractivity contribution is 0.0499. The summed E-state index contributed by atoms with van der Waals surface area (Å²) in [6.45, 7) is 7.53. The number of hydrogen-bond acceptors (Lipinski definition) is 3. The topological polar surface area (TPSA) is 50.4 Å². The molecule has 4 nitrogen and oxygen atoms in total. The SMILES string of the molecule is CC(C)(C)OC(=O)N[C@@H]1CCCCCNC1. The Morgan fingerprint density at radius 3 is 2.75 bits per heavy atom. The van der Waals surface area contributed by atoms with Crippen LogP contribution in [-0.2, 0) is 4.74 Å². The molecule has 94 valence electrons. The second kappa shape index (κ2) is 6.09. The average Bonchev–Trinajstić information content (AvgIpc) is 2.06. The van der Waals surface area contributed by atoms with E-state index in [0.717, 1.165) is 19.5 Å². The first-order valence-corrected chi connectivity index (χ1v) is 6.17. The Morgan fingerprint density at radius 2 is 2.06 bits per heavy atom. The minimum Gasteiger partial charge on any atom is -0.444 e. The monoisotopic (exact) mass is 228 g/mol. The zero-order valence-electron chi connectivity index (χ0n) is 10.6. The zero-order valence-corrected chi connectivity index (χ0v) is 10.6. The number of nitrogens with one attached hydrogen (secondary N) is 2. The van der Waals surface area contributed by atoms with E-state index in [1.165, 1.54) is 19.3 Å². The van der Waals surface area contributed by atoms with Gasteiger partial charge in [-0.1, -0.05) is 12.8 Å². The largest absolute Gasteiger partial charge is 0.444 e. The van der Waals surface area contributed by atoms with Crippen molar-refractivity contribution in [1.82, 2.24) is 10.6 Å². The molecule has 1 atom stereocenters. The summed E-state index contributed by atoms with van der Waals surface area (Å²) < 4.78 is 5.23. The number of ether oxygens (including phenoxy) is 1. The van der Waals surface area contributed by atoms with Crippen molar-refractivity contribution >= 4 is 6.09 Å². The number of amides is 1. The van der Waals surface area contributed by atoms with Crippen molar-refractivity contribution in [1.29, 1.82) is 0 Å². The molecule has 1 aliphatic heterocycles. The summed E-state index contributed by atoms with van der Waals surface area (Å²) in [5.41, 5.74) is -0.418. The van der Waals surface area contributed by atoms with Gasteiger partial charge in [0.05, 0.1) is 0 Å². The van der Waals surface area contributed by atoms with Crippen molar-refractivity contribution in [2.45, 2.75) is 58.1 Å². The van der Waals surface area contributed by atoms with Gasteiger partial charge in [-0.2, -0.15) is 0 Å². The van der Waals surface area contributed by atoms with E-state index in [9.17, 15) is 4.79 Å². The number of rotatable bonds is 1. The molecule has 0 aromatic rings. The minimum atomic E-state index is -0.418. The van der Waals surface area contributed by atoms with Crippen molar-refractivity contribution in [2.24, 2.45) is 0 Å². The molecule has 4 heteroatoms. The lowest BCUT2D eigenvalue weighted by atomic mass is 10.1. The van der Waals surface area contributed by atoms with E-state index >= 15 is 0 Å². The van der Waals surface area contributed by atoms with Crippen LogP contribution in [0.3, 0.4) is 0 Å². The van der Waals surface area contributed by atoms with E-state index in [1.54, 1.807) is 0 Å². The highest BCUT2D eigenvalue weighted by Gasteiger charge is 2.19. The Bertz CT molecular complexity index is 216. The van der Waals surface area contributed by atoms with Gasteiger partial charge in [0, 0.05) is 12.6 Å². The standard InChI is InChI=1S/C12H24N2O2/c1-12(2,3)16-11(15)14-10-7-5-4-6-8-13-9-10/h10,13H,4-9H2,1-3H3,(H,14,15)/t10-/m1/s1. The quantitative estimate of drug-likeness (QED) is 0.722. The van der Waals surface area contributed by atoms with Crippen molar-refractivity contribution in [3.8, 4) is 0 Å². The maximum absolute atomic E-state index is 11.6. The molecule has 1 saturated heterocycles. The van der Waals surface area contributed by atoms with Gasteiger partial charge in [0.2, 0.25) is 0 Å². The van der Waals surface area contributed by atoms with Gasteiger partial charge in [-0.3, -0.25) is 0 Å². The van der Waals surface area contributed by atoms with Crippen molar-refractivity contribution in [2.75, 3.05) is 13.1 Å². The summed E-state index contributed by atoms with van der Waals surface area (Å²) in [5, 5.41) is 6.25. The molecule has 0 saturated carbocycles. The van der Waals surface area contributed by atoms with Gasteiger partial charge < -0.3 is 15.4 Å². The molecule has 1 amide bonds.